The van der Waals surface area contributed by atoms with Crippen molar-refractivity contribution in [3.8, 4) is 0 Å². The van der Waals surface area contributed by atoms with Crippen molar-refractivity contribution in [2.45, 2.75) is 26.3 Å². The molecule has 3 aromatic heterocycles. The molecule has 7 heteroatoms. The van der Waals surface area contributed by atoms with Crippen LogP contribution >= 0.6 is 0 Å². The minimum atomic E-state index is -0.186. The molecule has 0 aromatic carbocycles. The van der Waals surface area contributed by atoms with Crippen LogP contribution in [0.25, 0.3) is 5.52 Å². The van der Waals surface area contributed by atoms with Gasteiger partial charge in [-0.05, 0) is 24.5 Å². The molecule has 0 saturated heterocycles. The van der Waals surface area contributed by atoms with Gasteiger partial charge in [0.2, 0.25) is 0 Å². The maximum atomic E-state index is 12.7. The van der Waals surface area contributed by atoms with Gasteiger partial charge in [0.15, 0.2) is 0 Å². The van der Waals surface area contributed by atoms with Crippen molar-refractivity contribution >= 4 is 11.4 Å². The number of carbonyl (C=O) groups excluding carboxylic acids is 1. The lowest BCUT2D eigenvalue weighted by Crippen LogP contribution is -2.31. The standard InChI is InChI=1S/C16H20N6O/c1-11(2)8-13(15-17-10-19-21(15)3)20-16(23)12-9-18-22-7-5-4-6-14(12)22/h4-7,9-11,13H,8H2,1-3H3,(H,20,23)/t13-/m0/s1. The molecule has 23 heavy (non-hydrogen) atoms. The summed E-state index contributed by atoms with van der Waals surface area (Å²) in [6, 6.07) is 5.46. The molecule has 0 spiro atoms. The third-order valence-corrected chi connectivity index (χ3v) is 3.74. The van der Waals surface area contributed by atoms with Crippen molar-refractivity contribution in [1.82, 2.24) is 29.7 Å². The predicted octanol–water partition coefficient (Wildman–Crippen LogP) is 1.98. The number of hydrogen-bond donors (Lipinski definition) is 1. The molecular formula is C16H20N6O. The van der Waals surface area contributed by atoms with Crippen LogP contribution in [0.5, 0.6) is 0 Å². The minimum Gasteiger partial charge on any atom is -0.342 e. The highest BCUT2D eigenvalue weighted by Crippen LogP contribution is 2.20. The number of hydrogen-bond acceptors (Lipinski definition) is 4. The molecular weight excluding hydrogens is 292 g/mol. The highest BCUT2D eigenvalue weighted by Gasteiger charge is 2.22. The van der Waals surface area contributed by atoms with Crippen LogP contribution < -0.4 is 5.32 Å². The minimum absolute atomic E-state index is 0.153. The Labute approximate surface area is 134 Å². The van der Waals surface area contributed by atoms with E-state index in [1.807, 2.05) is 31.4 Å². The SMILES string of the molecule is CC(C)C[C@H](NC(=O)c1cnn2ccccc12)c1ncnn1C. The van der Waals surface area contributed by atoms with E-state index in [0.717, 1.165) is 17.8 Å². The van der Waals surface area contributed by atoms with E-state index in [0.29, 0.717) is 11.5 Å². The third-order valence-electron chi connectivity index (χ3n) is 3.74. The molecule has 0 unspecified atom stereocenters. The molecule has 1 amide bonds. The van der Waals surface area contributed by atoms with Crippen molar-refractivity contribution in [2.75, 3.05) is 0 Å². The summed E-state index contributed by atoms with van der Waals surface area (Å²) >= 11 is 0. The number of nitrogens with one attached hydrogen (secondary N) is 1. The number of amides is 1. The largest absolute Gasteiger partial charge is 0.342 e. The van der Waals surface area contributed by atoms with Crippen LogP contribution in [0.2, 0.25) is 0 Å². The van der Waals surface area contributed by atoms with Crippen LogP contribution in [-0.2, 0) is 7.05 Å². The maximum absolute atomic E-state index is 12.7. The van der Waals surface area contributed by atoms with E-state index in [1.54, 1.807) is 15.4 Å². The third kappa shape index (κ3) is 3.08. The first kappa shape index (κ1) is 15.2. The van der Waals surface area contributed by atoms with Crippen LogP contribution in [0.3, 0.4) is 0 Å². The number of carbonyl (C=O) groups is 1. The summed E-state index contributed by atoms with van der Waals surface area (Å²) in [5.74, 6) is 1.02. The number of fused-ring (bicyclic) bond motifs is 1. The van der Waals surface area contributed by atoms with Gasteiger partial charge in [-0.2, -0.15) is 10.2 Å². The Morgan fingerprint density at radius 1 is 1.30 bits per heavy atom. The molecule has 1 atom stereocenters. The molecule has 0 saturated carbocycles. The quantitative estimate of drug-likeness (QED) is 0.781. The topological polar surface area (TPSA) is 77.1 Å². The van der Waals surface area contributed by atoms with Gasteiger partial charge in [0.05, 0.1) is 23.3 Å². The first-order valence-electron chi connectivity index (χ1n) is 7.63. The summed E-state index contributed by atoms with van der Waals surface area (Å²) in [5.41, 5.74) is 1.34. The first-order valence-corrected chi connectivity index (χ1v) is 7.63. The summed E-state index contributed by atoms with van der Waals surface area (Å²) < 4.78 is 3.39. The zero-order valence-electron chi connectivity index (χ0n) is 13.5. The van der Waals surface area contributed by atoms with E-state index in [-0.39, 0.29) is 11.9 Å². The van der Waals surface area contributed by atoms with Crippen molar-refractivity contribution in [3.05, 3.63) is 48.3 Å². The van der Waals surface area contributed by atoms with Gasteiger partial charge in [0.25, 0.3) is 5.91 Å². The highest BCUT2D eigenvalue weighted by atomic mass is 16.1. The van der Waals surface area contributed by atoms with Crippen molar-refractivity contribution < 1.29 is 4.79 Å². The highest BCUT2D eigenvalue weighted by molar-refractivity contribution is 6.00. The second-order valence-electron chi connectivity index (χ2n) is 5.99. The second-order valence-corrected chi connectivity index (χ2v) is 5.99. The predicted molar refractivity (Wildman–Crippen MR) is 85.9 cm³/mol. The molecule has 7 nitrogen and oxygen atoms in total. The summed E-state index contributed by atoms with van der Waals surface area (Å²) in [6.45, 7) is 4.23. The van der Waals surface area contributed by atoms with E-state index < -0.39 is 0 Å². The van der Waals surface area contributed by atoms with Crippen LogP contribution in [-0.4, -0.2) is 30.3 Å². The Morgan fingerprint density at radius 2 is 2.13 bits per heavy atom. The Hall–Kier alpha value is -2.70. The van der Waals surface area contributed by atoms with Gasteiger partial charge >= 0.3 is 0 Å². The Kier molecular flexibility index (Phi) is 4.10. The zero-order valence-corrected chi connectivity index (χ0v) is 13.5. The number of pyridine rings is 1. The zero-order chi connectivity index (χ0) is 16.4. The second kappa shape index (κ2) is 6.20. The monoisotopic (exact) mass is 312 g/mol. The van der Waals surface area contributed by atoms with Crippen molar-refractivity contribution in [2.24, 2.45) is 13.0 Å². The van der Waals surface area contributed by atoms with Gasteiger partial charge in [-0.3, -0.25) is 9.48 Å². The Balaban J connectivity index is 1.87. The summed E-state index contributed by atoms with van der Waals surface area (Å²) in [6.07, 6.45) is 5.70. The fourth-order valence-electron chi connectivity index (χ4n) is 2.67. The molecule has 0 aliphatic carbocycles. The van der Waals surface area contributed by atoms with E-state index in [4.69, 9.17) is 0 Å². The Bertz CT molecular complexity index is 819. The average molecular weight is 312 g/mol. The van der Waals surface area contributed by atoms with Gasteiger partial charge in [-0.1, -0.05) is 19.9 Å². The smallest absolute Gasteiger partial charge is 0.255 e. The number of rotatable bonds is 5. The Morgan fingerprint density at radius 3 is 2.83 bits per heavy atom. The molecule has 0 aliphatic rings. The average Bonchev–Trinajstić information content (AvgIpc) is 3.12. The van der Waals surface area contributed by atoms with Crippen LogP contribution in [0.4, 0.5) is 0 Å². The number of aromatic nitrogens is 5. The van der Waals surface area contributed by atoms with Gasteiger partial charge < -0.3 is 5.32 Å². The normalized spacial score (nSPS) is 12.7. The number of nitrogens with zero attached hydrogens (tertiary/aromatic N) is 5. The lowest BCUT2D eigenvalue weighted by Gasteiger charge is -2.19. The summed E-state index contributed by atoms with van der Waals surface area (Å²) in [7, 11) is 1.83. The van der Waals surface area contributed by atoms with Gasteiger partial charge in [-0.15, -0.1) is 0 Å². The van der Waals surface area contributed by atoms with Gasteiger partial charge in [0.1, 0.15) is 12.2 Å². The van der Waals surface area contributed by atoms with E-state index in [1.165, 1.54) is 6.33 Å². The van der Waals surface area contributed by atoms with Gasteiger partial charge in [-0.25, -0.2) is 9.50 Å². The molecule has 0 aliphatic heterocycles. The fourth-order valence-corrected chi connectivity index (χ4v) is 2.67. The van der Waals surface area contributed by atoms with Crippen LogP contribution in [0.15, 0.2) is 36.9 Å². The lowest BCUT2D eigenvalue weighted by atomic mass is 10.0. The lowest BCUT2D eigenvalue weighted by molar-refractivity contribution is 0.0930. The molecule has 0 fully saturated rings. The van der Waals surface area contributed by atoms with E-state index in [9.17, 15) is 4.79 Å². The summed E-state index contributed by atoms with van der Waals surface area (Å²) in [5, 5.41) is 11.4. The first-order chi connectivity index (χ1) is 11.1. The fraction of sp³-hybridized carbons (Fsp3) is 0.375. The molecule has 120 valence electrons. The molecule has 3 heterocycles. The van der Waals surface area contributed by atoms with Crippen molar-refractivity contribution in [1.29, 1.82) is 0 Å². The molecule has 1 N–H and O–H groups in total. The van der Waals surface area contributed by atoms with E-state index >= 15 is 0 Å². The molecule has 3 rings (SSSR count). The maximum Gasteiger partial charge on any atom is 0.255 e. The molecule has 0 bridgehead atoms. The van der Waals surface area contributed by atoms with Gasteiger partial charge in [0, 0.05) is 13.2 Å². The van der Waals surface area contributed by atoms with Crippen molar-refractivity contribution in [3.63, 3.8) is 0 Å². The van der Waals surface area contributed by atoms with E-state index in [2.05, 4.69) is 34.3 Å². The molecule has 3 aromatic rings. The molecule has 0 radical (unpaired) electrons. The van der Waals surface area contributed by atoms with Crippen LogP contribution in [0, 0.1) is 5.92 Å². The number of aryl methyl sites for hydroxylation is 1. The summed E-state index contributed by atoms with van der Waals surface area (Å²) in [4.78, 5) is 17.0. The van der Waals surface area contributed by atoms with Crippen LogP contribution in [0.1, 0.15) is 42.5 Å².